The van der Waals surface area contributed by atoms with Crippen LogP contribution in [0.3, 0.4) is 0 Å². The zero-order chi connectivity index (χ0) is 22.1. The summed E-state index contributed by atoms with van der Waals surface area (Å²) in [7, 11) is 1.49. The van der Waals surface area contributed by atoms with Crippen molar-refractivity contribution < 1.29 is 28.3 Å². The lowest BCUT2D eigenvalue weighted by molar-refractivity contribution is -0.123. The van der Waals surface area contributed by atoms with E-state index in [1.165, 1.54) is 7.11 Å². The number of rotatable bonds is 10. The topological polar surface area (TPSA) is 119 Å². The Morgan fingerprint density at radius 3 is 2.40 bits per heavy atom. The first-order valence-electron chi connectivity index (χ1n) is 9.52. The van der Waals surface area contributed by atoms with Crippen molar-refractivity contribution in [2.75, 3.05) is 26.8 Å². The van der Waals surface area contributed by atoms with Gasteiger partial charge in [0.25, 0.3) is 11.8 Å². The molecule has 162 valence electrons. The predicted octanol–water partition coefficient (Wildman–Crippen LogP) is 1.47. The number of benzene rings is 1. The number of furan rings is 1. The maximum atomic E-state index is 12.1. The summed E-state index contributed by atoms with van der Waals surface area (Å²) in [5, 5.41) is 7.94. The third-order valence-corrected chi connectivity index (χ3v) is 4.15. The Hall–Kier alpha value is -3.49. The number of methoxy groups -OCH3 is 1. The van der Waals surface area contributed by atoms with Gasteiger partial charge in [-0.3, -0.25) is 14.4 Å². The van der Waals surface area contributed by atoms with Crippen molar-refractivity contribution in [2.45, 2.75) is 27.3 Å². The van der Waals surface area contributed by atoms with Crippen molar-refractivity contribution in [2.24, 2.45) is 0 Å². The van der Waals surface area contributed by atoms with E-state index in [0.29, 0.717) is 35.1 Å². The molecule has 0 aliphatic heterocycles. The Morgan fingerprint density at radius 1 is 1.00 bits per heavy atom. The van der Waals surface area contributed by atoms with Crippen LogP contribution in [-0.4, -0.2) is 44.5 Å². The average molecular weight is 417 g/mol. The van der Waals surface area contributed by atoms with Crippen molar-refractivity contribution in [3.05, 3.63) is 46.9 Å². The molecule has 0 unspecified atom stereocenters. The van der Waals surface area contributed by atoms with Gasteiger partial charge in [-0.25, -0.2) is 0 Å². The highest BCUT2D eigenvalue weighted by Crippen LogP contribution is 2.28. The van der Waals surface area contributed by atoms with Crippen molar-refractivity contribution in [1.29, 1.82) is 0 Å². The number of carbonyl (C=O) groups is 3. The van der Waals surface area contributed by atoms with Gasteiger partial charge >= 0.3 is 0 Å². The van der Waals surface area contributed by atoms with Crippen molar-refractivity contribution >= 4 is 17.7 Å². The Bertz CT molecular complexity index is 906. The Balaban J connectivity index is 1.84. The predicted molar refractivity (Wildman–Crippen MR) is 110 cm³/mol. The molecule has 0 radical (unpaired) electrons. The minimum absolute atomic E-state index is 0.115. The number of aryl methyl sites for hydroxylation is 2. The normalized spacial score (nSPS) is 10.3. The van der Waals surface area contributed by atoms with E-state index in [2.05, 4.69) is 16.0 Å². The number of amides is 3. The second-order valence-corrected chi connectivity index (χ2v) is 6.51. The minimum atomic E-state index is -0.366. The van der Waals surface area contributed by atoms with Crippen LogP contribution in [0.1, 0.15) is 34.4 Å². The van der Waals surface area contributed by atoms with Gasteiger partial charge in [-0.2, -0.15) is 0 Å². The molecule has 0 saturated carbocycles. The average Bonchev–Trinajstić information content (AvgIpc) is 3.07. The fourth-order valence-electron chi connectivity index (χ4n) is 2.71. The van der Waals surface area contributed by atoms with Gasteiger partial charge in [0.05, 0.1) is 19.2 Å². The maximum absolute atomic E-state index is 12.1. The van der Waals surface area contributed by atoms with Gasteiger partial charge in [-0.15, -0.1) is 0 Å². The molecule has 9 heteroatoms. The van der Waals surface area contributed by atoms with Gasteiger partial charge in [-0.1, -0.05) is 6.07 Å². The summed E-state index contributed by atoms with van der Waals surface area (Å²) < 4.78 is 16.1. The number of hydrogen-bond donors (Lipinski definition) is 3. The van der Waals surface area contributed by atoms with Crippen LogP contribution in [0, 0.1) is 13.8 Å². The molecule has 0 spiro atoms. The number of ether oxygens (including phenoxy) is 2. The zero-order valence-electron chi connectivity index (χ0n) is 17.6. The summed E-state index contributed by atoms with van der Waals surface area (Å²) in [6, 6.07) is 6.77. The molecule has 2 aromatic rings. The molecule has 0 aliphatic carbocycles. The van der Waals surface area contributed by atoms with Crippen LogP contribution in [0.15, 0.2) is 28.7 Å². The summed E-state index contributed by atoms with van der Waals surface area (Å²) in [6.45, 7) is 5.76. The Labute approximate surface area is 175 Å². The molecule has 2 rings (SSSR count). The quantitative estimate of drug-likeness (QED) is 0.539. The molecule has 1 aromatic carbocycles. The number of hydrogen-bond acceptors (Lipinski definition) is 6. The summed E-state index contributed by atoms with van der Waals surface area (Å²) in [4.78, 5) is 35.7. The minimum Gasteiger partial charge on any atom is -0.493 e. The third kappa shape index (κ3) is 6.54. The van der Waals surface area contributed by atoms with Crippen LogP contribution in [0.4, 0.5) is 0 Å². The fourth-order valence-corrected chi connectivity index (χ4v) is 2.71. The van der Waals surface area contributed by atoms with Gasteiger partial charge in [-0.05, 0) is 44.5 Å². The maximum Gasteiger partial charge on any atom is 0.257 e. The number of likely N-dealkylation sites (N-methyl/N-ethyl adjacent to an activating group) is 1. The van der Waals surface area contributed by atoms with Crippen LogP contribution >= 0.6 is 0 Å². The molecule has 0 fully saturated rings. The molecule has 9 nitrogen and oxygen atoms in total. The second-order valence-electron chi connectivity index (χ2n) is 6.51. The molecule has 0 aliphatic rings. The molecule has 0 saturated heterocycles. The van der Waals surface area contributed by atoms with Gasteiger partial charge in [0.2, 0.25) is 5.91 Å². The molecule has 3 N–H and O–H groups in total. The van der Waals surface area contributed by atoms with Gasteiger partial charge in [0, 0.05) is 13.1 Å². The van der Waals surface area contributed by atoms with Gasteiger partial charge in [0.1, 0.15) is 11.5 Å². The molecule has 30 heavy (non-hydrogen) atoms. The summed E-state index contributed by atoms with van der Waals surface area (Å²) in [5.74, 6) is 1.09. The Kier molecular flexibility index (Phi) is 8.28. The molecule has 1 heterocycles. The summed E-state index contributed by atoms with van der Waals surface area (Å²) >= 11 is 0. The highest BCUT2D eigenvalue weighted by atomic mass is 16.5. The molecular weight excluding hydrogens is 390 g/mol. The highest BCUT2D eigenvalue weighted by molar-refractivity contribution is 5.97. The van der Waals surface area contributed by atoms with E-state index < -0.39 is 0 Å². The summed E-state index contributed by atoms with van der Waals surface area (Å²) in [5.41, 5.74) is 1.19. The SMILES string of the molecule is CCNC(=O)COc1ccc(CNC(=O)CNC(=O)c2cc(C)oc2C)cc1OC. The molecule has 0 atom stereocenters. The van der Waals surface area contributed by atoms with Crippen molar-refractivity contribution in [1.82, 2.24) is 16.0 Å². The highest BCUT2D eigenvalue weighted by Gasteiger charge is 2.14. The third-order valence-electron chi connectivity index (χ3n) is 4.15. The lowest BCUT2D eigenvalue weighted by Crippen LogP contribution is -2.36. The molecular formula is C21H27N3O6. The van der Waals surface area contributed by atoms with E-state index in [9.17, 15) is 14.4 Å². The lowest BCUT2D eigenvalue weighted by Gasteiger charge is -2.12. The fraction of sp³-hybridized carbons (Fsp3) is 0.381. The monoisotopic (exact) mass is 417 g/mol. The first-order chi connectivity index (χ1) is 14.3. The second kappa shape index (κ2) is 10.9. The lowest BCUT2D eigenvalue weighted by atomic mass is 10.2. The van der Waals surface area contributed by atoms with E-state index >= 15 is 0 Å². The molecule has 3 amide bonds. The van der Waals surface area contributed by atoms with Gasteiger partial charge < -0.3 is 29.8 Å². The first-order valence-corrected chi connectivity index (χ1v) is 9.52. The largest absolute Gasteiger partial charge is 0.493 e. The molecule has 0 bridgehead atoms. The Morgan fingerprint density at radius 2 is 1.77 bits per heavy atom. The van der Waals surface area contributed by atoms with E-state index in [1.807, 2.05) is 6.92 Å². The van der Waals surface area contributed by atoms with Crippen LogP contribution < -0.4 is 25.4 Å². The smallest absolute Gasteiger partial charge is 0.257 e. The number of carbonyl (C=O) groups excluding carboxylic acids is 3. The van der Waals surface area contributed by atoms with Crippen LogP contribution in [0.2, 0.25) is 0 Å². The molecule has 1 aromatic heterocycles. The van der Waals surface area contributed by atoms with E-state index in [4.69, 9.17) is 13.9 Å². The number of nitrogens with one attached hydrogen (secondary N) is 3. The summed E-state index contributed by atoms with van der Waals surface area (Å²) in [6.07, 6.45) is 0. The first kappa shape index (κ1) is 22.8. The van der Waals surface area contributed by atoms with Crippen LogP contribution in [-0.2, 0) is 16.1 Å². The van der Waals surface area contributed by atoms with Crippen LogP contribution in [0.25, 0.3) is 0 Å². The van der Waals surface area contributed by atoms with Crippen molar-refractivity contribution in [3.63, 3.8) is 0 Å². The van der Waals surface area contributed by atoms with Crippen LogP contribution in [0.5, 0.6) is 11.5 Å². The van der Waals surface area contributed by atoms with Crippen molar-refractivity contribution in [3.8, 4) is 11.5 Å². The van der Waals surface area contributed by atoms with E-state index in [-0.39, 0.29) is 37.4 Å². The standard InChI is InChI=1S/C21H27N3O6/c1-5-22-20(26)12-29-17-7-6-15(9-18(17)28-4)10-23-19(25)11-24-21(27)16-8-13(2)30-14(16)3/h6-9H,5,10-12H2,1-4H3,(H,22,26)(H,23,25)(H,24,27). The van der Waals surface area contributed by atoms with E-state index in [0.717, 1.165) is 5.56 Å². The van der Waals surface area contributed by atoms with Gasteiger partial charge in [0.15, 0.2) is 18.1 Å². The zero-order valence-corrected chi connectivity index (χ0v) is 17.6. The van der Waals surface area contributed by atoms with E-state index in [1.54, 1.807) is 38.1 Å².